The Hall–Kier alpha value is -1.58. The standard InChI is InChI=1S/C11H14FNO2/c1-8(7-11(14)15)13(2)10-6-4-3-5-9(10)12/h3-6,8H,7H2,1-2H3,(H,14,15). The lowest BCUT2D eigenvalue weighted by atomic mass is 10.2. The average Bonchev–Trinajstić information content (AvgIpc) is 2.16. The van der Waals surface area contributed by atoms with Crippen molar-refractivity contribution in [2.24, 2.45) is 0 Å². The zero-order valence-corrected chi connectivity index (χ0v) is 8.77. The van der Waals surface area contributed by atoms with Gasteiger partial charge < -0.3 is 10.0 Å². The topological polar surface area (TPSA) is 40.5 Å². The molecule has 15 heavy (non-hydrogen) atoms. The van der Waals surface area contributed by atoms with Crippen LogP contribution in [0.25, 0.3) is 0 Å². The second-order valence-electron chi connectivity index (χ2n) is 3.51. The zero-order chi connectivity index (χ0) is 11.4. The summed E-state index contributed by atoms with van der Waals surface area (Å²) in [6, 6.07) is 6.09. The Morgan fingerprint density at radius 2 is 2.13 bits per heavy atom. The van der Waals surface area contributed by atoms with Gasteiger partial charge in [0.1, 0.15) is 5.82 Å². The van der Waals surface area contributed by atoms with Crippen molar-refractivity contribution < 1.29 is 14.3 Å². The second-order valence-corrected chi connectivity index (χ2v) is 3.51. The van der Waals surface area contributed by atoms with E-state index in [2.05, 4.69) is 0 Å². The Balaban J connectivity index is 2.80. The Kier molecular flexibility index (Phi) is 3.66. The minimum atomic E-state index is -0.884. The number of nitrogens with zero attached hydrogens (tertiary/aromatic N) is 1. The Bertz CT molecular complexity index is 354. The molecule has 1 aromatic rings. The Labute approximate surface area is 88.1 Å². The molecule has 0 spiro atoms. The monoisotopic (exact) mass is 211 g/mol. The molecular formula is C11H14FNO2. The molecule has 82 valence electrons. The van der Waals surface area contributed by atoms with Crippen LogP contribution in [0.2, 0.25) is 0 Å². The molecule has 1 atom stereocenters. The lowest BCUT2D eigenvalue weighted by Gasteiger charge is -2.26. The van der Waals surface area contributed by atoms with Crippen LogP contribution < -0.4 is 4.90 Å². The highest BCUT2D eigenvalue weighted by Gasteiger charge is 2.15. The number of para-hydroxylation sites is 1. The third-order valence-corrected chi connectivity index (χ3v) is 2.36. The summed E-state index contributed by atoms with van der Waals surface area (Å²) in [7, 11) is 1.69. The molecule has 1 rings (SSSR count). The van der Waals surface area contributed by atoms with Crippen molar-refractivity contribution in [1.29, 1.82) is 0 Å². The number of carboxylic acids is 1. The molecule has 0 saturated heterocycles. The van der Waals surface area contributed by atoms with Crippen LogP contribution in [0.4, 0.5) is 10.1 Å². The van der Waals surface area contributed by atoms with E-state index in [1.54, 1.807) is 37.1 Å². The van der Waals surface area contributed by atoms with Gasteiger partial charge in [-0.05, 0) is 19.1 Å². The van der Waals surface area contributed by atoms with Gasteiger partial charge in [0.05, 0.1) is 12.1 Å². The summed E-state index contributed by atoms with van der Waals surface area (Å²) in [6.45, 7) is 1.75. The summed E-state index contributed by atoms with van der Waals surface area (Å²) in [6.07, 6.45) is -0.00909. The first-order valence-corrected chi connectivity index (χ1v) is 4.71. The maximum atomic E-state index is 13.3. The SMILES string of the molecule is CC(CC(=O)O)N(C)c1ccccc1F. The van der Waals surface area contributed by atoms with Gasteiger partial charge in [-0.1, -0.05) is 12.1 Å². The number of carbonyl (C=O) groups is 1. The molecule has 0 aromatic heterocycles. The molecule has 0 aliphatic heterocycles. The molecule has 0 heterocycles. The lowest BCUT2D eigenvalue weighted by Crippen LogP contribution is -2.31. The molecule has 0 radical (unpaired) electrons. The number of hydrogen-bond donors (Lipinski definition) is 1. The molecule has 3 nitrogen and oxygen atoms in total. The van der Waals surface area contributed by atoms with E-state index >= 15 is 0 Å². The number of carboxylic acid groups (broad SMARTS) is 1. The molecule has 0 aliphatic carbocycles. The molecular weight excluding hydrogens is 197 g/mol. The number of halogens is 1. The summed E-state index contributed by atoms with van der Waals surface area (Å²) in [5.74, 6) is -1.22. The van der Waals surface area contributed by atoms with E-state index in [1.807, 2.05) is 0 Å². The van der Waals surface area contributed by atoms with Gasteiger partial charge in [-0.3, -0.25) is 4.79 Å². The van der Waals surface area contributed by atoms with Gasteiger partial charge in [-0.2, -0.15) is 0 Å². The van der Waals surface area contributed by atoms with Gasteiger partial charge in [0.25, 0.3) is 0 Å². The summed E-state index contributed by atoms with van der Waals surface area (Å²) in [5.41, 5.74) is 0.422. The number of rotatable bonds is 4. The van der Waals surface area contributed by atoms with Gasteiger partial charge in [0.15, 0.2) is 0 Å². The largest absolute Gasteiger partial charge is 0.481 e. The number of anilines is 1. The van der Waals surface area contributed by atoms with E-state index in [9.17, 15) is 9.18 Å². The van der Waals surface area contributed by atoms with Gasteiger partial charge >= 0.3 is 5.97 Å². The molecule has 1 unspecified atom stereocenters. The number of benzene rings is 1. The minimum Gasteiger partial charge on any atom is -0.481 e. The molecule has 0 bridgehead atoms. The third kappa shape index (κ3) is 2.94. The summed E-state index contributed by atoms with van der Waals surface area (Å²) >= 11 is 0. The Morgan fingerprint density at radius 3 is 2.67 bits per heavy atom. The number of hydrogen-bond acceptors (Lipinski definition) is 2. The van der Waals surface area contributed by atoms with Crippen molar-refractivity contribution in [2.45, 2.75) is 19.4 Å². The van der Waals surface area contributed by atoms with E-state index in [4.69, 9.17) is 5.11 Å². The summed E-state index contributed by atoms with van der Waals surface area (Å²) in [4.78, 5) is 12.1. The predicted octanol–water partition coefficient (Wildman–Crippen LogP) is 2.13. The van der Waals surface area contributed by atoms with Crippen LogP contribution in [0, 0.1) is 5.82 Å². The van der Waals surface area contributed by atoms with E-state index in [-0.39, 0.29) is 18.3 Å². The fraction of sp³-hybridized carbons (Fsp3) is 0.364. The molecule has 1 N–H and O–H groups in total. The highest BCUT2D eigenvalue weighted by molar-refractivity contribution is 5.68. The van der Waals surface area contributed by atoms with Crippen molar-refractivity contribution in [2.75, 3.05) is 11.9 Å². The van der Waals surface area contributed by atoms with E-state index in [0.29, 0.717) is 5.69 Å². The van der Waals surface area contributed by atoms with Crippen LogP contribution >= 0.6 is 0 Å². The molecule has 1 aromatic carbocycles. The molecule has 0 saturated carbocycles. The maximum absolute atomic E-state index is 13.3. The van der Waals surface area contributed by atoms with Crippen LogP contribution in [0.15, 0.2) is 24.3 Å². The fourth-order valence-corrected chi connectivity index (χ4v) is 1.36. The van der Waals surface area contributed by atoms with Crippen LogP contribution in [0.1, 0.15) is 13.3 Å². The van der Waals surface area contributed by atoms with Crippen LogP contribution in [-0.4, -0.2) is 24.2 Å². The average molecular weight is 211 g/mol. The van der Waals surface area contributed by atoms with Crippen LogP contribution in [0.3, 0.4) is 0 Å². The van der Waals surface area contributed by atoms with E-state index in [1.165, 1.54) is 6.07 Å². The van der Waals surface area contributed by atoms with Gasteiger partial charge in [-0.15, -0.1) is 0 Å². The highest BCUT2D eigenvalue weighted by atomic mass is 19.1. The fourth-order valence-electron chi connectivity index (χ4n) is 1.36. The van der Waals surface area contributed by atoms with E-state index < -0.39 is 5.97 Å². The Morgan fingerprint density at radius 1 is 1.53 bits per heavy atom. The van der Waals surface area contributed by atoms with Crippen LogP contribution in [0.5, 0.6) is 0 Å². The van der Waals surface area contributed by atoms with Crippen molar-refractivity contribution >= 4 is 11.7 Å². The molecule has 4 heteroatoms. The third-order valence-electron chi connectivity index (χ3n) is 2.36. The predicted molar refractivity (Wildman–Crippen MR) is 56.5 cm³/mol. The van der Waals surface area contributed by atoms with Crippen molar-refractivity contribution in [3.8, 4) is 0 Å². The number of aliphatic carboxylic acids is 1. The molecule has 0 fully saturated rings. The van der Waals surface area contributed by atoms with Crippen LogP contribution in [-0.2, 0) is 4.79 Å². The van der Waals surface area contributed by atoms with Crippen molar-refractivity contribution in [3.63, 3.8) is 0 Å². The molecule has 0 aliphatic rings. The molecule has 0 amide bonds. The first-order valence-electron chi connectivity index (χ1n) is 4.71. The quantitative estimate of drug-likeness (QED) is 0.829. The van der Waals surface area contributed by atoms with Crippen molar-refractivity contribution in [3.05, 3.63) is 30.1 Å². The van der Waals surface area contributed by atoms with Gasteiger partial charge in [0.2, 0.25) is 0 Å². The summed E-state index contributed by atoms with van der Waals surface area (Å²) in [5, 5.41) is 8.63. The lowest BCUT2D eigenvalue weighted by molar-refractivity contribution is -0.137. The normalized spacial score (nSPS) is 12.2. The smallest absolute Gasteiger partial charge is 0.305 e. The first-order chi connectivity index (χ1) is 7.02. The first kappa shape index (κ1) is 11.5. The second kappa shape index (κ2) is 4.77. The zero-order valence-electron chi connectivity index (χ0n) is 8.77. The maximum Gasteiger partial charge on any atom is 0.305 e. The minimum absolute atomic E-state index is 0.00909. The van der Waals surface area contributed by atoms with Gasteiger partial charge in [0, 0.05) is 13.1 Å². The van der Waals surface area contributed by atoms with Crippen molar-refractivity contribution in [1.82, 2.24) is 0 Å². The van der Waals surface area contributed by atoms with E-state index in [0.717, 1.165) is 0 Å². The summed E-state index contributed by atoms with van der Waals surface area (Å²) < 4.78 is 13.3. The highest BCUT2D eigenvalue weighted by Crippen LogP contribution is 2.20. The van der Waals surface area contributed by atoms with Gasteiger partial charge in [-0.25, -0.2) is 4.39 Å².